The highest BCUT2D eigenvalue weighted by molar-refractivity contribution is 6.30. The number of amides is 2. The maximum atomic E-state index is 15.0. The molecular weight excluding hydrogens is 655 g/mol. The molecule has 4 nitrogen and oxygen atoms in total. The van der Waals surface area contributed by atoms with Gasteiger partial charge in [-0.25, -0.2) is 4.39 Å². The summed E-state index contributed by atoms with van der Waals surface area (Å²) in [4.78, 5) is 25.4. The summed E-state index contributed by atoms with van der Waals surface area (Å²) in [6.07, 6.45) is -21.5. The summed E-state index contributed by atoms with van der Waals surface area (Å²) < 4.78 is 175. The minimum Gasteiger partial charge on any atom is -0.338 e. The van der Waals surface area contributed by atoms with Crippen molar-refractivity contribution in [3.8, 4) is 0 Å². The van der Waals surface area contributed by atoms with Gasteiger partial charge >= 0.3 is 24.7 Å². The molecule has 0 bridgehead atoms. The number of carbonyl (C=O) groups is 2. The lowest BCUT2D eigenvalue weighted by molar-refractivity contribution is -0.160. The van der Waals surface area contributed by atoms with E-state index < -0.39 is 93.2 Å². The number of alkyl halides is 12. The molecule has 0 saturated heterocycles. The Morgan fingerprint density at radius 3 is 2.00 bits per heavy atom. The molecule has 0 spiro atoms. The average Bonchev–Trinajstić information content (AvgIpc) is 3.63. The Kier molecular flexibility index (Phi) is 9.37. The van der Waals surface area contributed by atoms with E-state index in [0.717, 1.165) is 7.05 Å². The minimum atomic E-state index is -5.44. The van der Waals surface area contributed by atoms with Crippen LogP contribution in [-0.4, -0.2) is 48.2 Å². The molecule has 1 saturated carbocycles. The second-order valence-electron chi connectivity index (χ2n) is 9.88. The van der Waals surface area contributed by atoms with Gasteiger partial charge in [0, 0.05) is 17.6 Å². The van der Waals surface area contributed by atoms with Crippen molar-refractivity contribution in [2.24, 2.45) is 0 Å². The van der Waals surface area contributed by atoms with Crippen molar-refractivity contribution in [3.63, 3.8) is 0 Å². The summed E-state index contributed by atoms with van der Waals surface area (Å²) in [6, 6.07) is 1.62. The molecule has 44 heavy (non-hydrogen) atoms. The van der Waals surface area contributed by atoms with Gasteiger partial charge in [0.2, 0.25) is 5.91 Å². The van der Waals surface area contributed by atoms with Crippen LogP contribution >= 0.6 is 11.6 Å². The third-order valence-electron chi connectivity index (χ3n) is 6.39. The molecule has 2 aromatic carbocycles. The lowest BCUT2D eigenvalue weighted by Gasteiger charge is -2.25. The van der Waals surface area contributed by atoms with E-state index in [-0.39, 0.29) is 36.0 Å². The van der Waals surface area contributed by atoms with Gasteiger partial charge in [0.15, 0.2) is 0 Å². The average molecular weight is 673 g/mol. The summed E-state index contributed by atoms with van der Waals surface area (Å²) >= 11 is 5.52. The topological polar surface area (TPSA) is 49.4 Å². The van der Waals surface area contributed by atoms with E-state index in [0.29, 0.717) is 24.3 Å². The number of nitrogens with one attached hydrogen (secondary N) is 1. The highest BCUT2D eigenvalue weighted by Crippen LogP contribution is 2.43. The van der Waals surface area contributed by atoms with Gasteiger partial charge in [0.25, 0.3) is 5.91 Å². The molecule has 0 aromatic heterocycles. The van der Waals surface area contributed by atoms with Crippen LogP contribution in [0.2, 0.25) is 5.02 Å². The molecule has 1 fully saturated rings. The van der Waals surface area contributed by atoms with E-state index in [1.54, 1.807) is 0 Å². The molecule has 1 N–H and O–H groups in total. The number of carbonyl (C=O) groups excluding carboxylic acids is 2. The zero-order valence-corrected chi connectivity index (χ0v) is 22.6. The molecule has 3 rings (SSSR count). The first-order chi connectivity index (χ1) is 19.8. The predicted octanol–water partition coefficient (Wildman–Crippen LogP) is 8.32. The third-order valence-corrected chi connectivity index (χ3v) is 6.61. The van der Waals surface area contributed by atoms with Crippen molar-refractivity contribution in [1.82, 2.24) is 10.2 Å². The second-order valence-corrected chi connectivity index (χ2v) is 10.3. The molecule has 0 heterocycles. The molecule has 2 aromatic rings. The molecule has 2 amide bonds. The van der Waals surface area contributed by atoms with Gasteiger partial charge in [-0.2, -0.15) is 52.7 Å². The normalized spacial score (nSPS) is 16.4. The van der Waals surface area contributed by atoms with Crippen LogP contribution in [-0.2, 0) is 17.1 Å². The van der Waals surface area contributed by atoms with Gasteiger partial charge < -0.3 is 10.2 Å². The van der Waals surface area contributed by atoms with Crippen molar-refractivity contribution in [2.75, 3.05) is 13.6 Å². The van der Waals surface area contributed by atoms with E-state index in [4.69, 9.17) is 11.6 Å². The highest BCUT2D eigenvalue weighted by atomic mass is 35.5. The Morgan fingerprint density at radius 2 is 1.52 bits per heavy atom. The Labute approximate surface area is 244 Å². The van der Waals surface area contributed by atoms with Gasteiger partial charge in [-0.15, -0.1) is 0 Å². The van der Waals surface area contributed by atoms with Crippen LogP contribution in [0.4, 0.5) is 57.1 Å². The zero-order valence-electron chi connectivity index (χ0n) is 21.8. The highest BCUT2D eigenvalue weighted by Gasteiger charge is 2.54. The largest absolute Gasteiger partial charge is 0.417 e. The fourth-order valence-corrected chi connectivity index (χ4v) is 4.45. The summed E-state index contributed by atoms with van der Waals surface area (Å²) in [5, 5.41) is 1.16. The fourth-order valence-electron chi connectivity index (χ4n) is 4.21. The monoisotopic (exact) mass is 672 g/mol. The van der Waals surface area contributed by atoms with Crippen LogP contribution in [0.5, 0.6) is 0 Å². The molecule has 1 atom stereocenters. The van der Waals surface area contributed by atoms with Gasteiger partial charge in [0.05, 0.1) is 16.7 Å². The van der Waals surface area contributed by atoms with Gasteiger partial charge in [-0.1, -0.05) is 17.7 Å². The van der Waals surface area contributed by atoms with Crippen molar-refractivity contribution < 1.29 is 66.7 Å². The first kappa shape index (κ1) is 35.0. The van der Waals surface area contributed by atoms with Crippen LogP contribution < -0.4 is 5.32 Å². The summed E-state index contributed by atoms with van der Waals surface area (Å²) in [7, 11) is 0.759. The van der Waals surface area contributed by atoms with E-state index >= 15 is 4.39 Å². The maximum Gasteiger partial charge on any atom is 0.417 e. The van der Waals surface area contributed by atoms with E-state index in [1.807, 2.05) is 5.32 Å². The third kappa shape index (κ3) is 8.35. The Morgan fingerprint density at radius 1 is 0.932 bits per heavy atom. The van der Waals surface area contributed by atoms with E-state index in [2.05, 4.69) is 0 Å². The SMILES string of the molecule is CN(CC(F)(F)F)C(=O)C1(NC(=O)c2ccc(/C(F)=C/C(c3cc(Cl)cc(C(F)(F)F)c3)C(F)(F)F)cc2C(F)(F)F)CC1. The predicted molar refractivity (Wildman–Crippen MR) is 129 cm³/mol. The molecule has 242 valence electrons. The standard InChI is InChI=1S/C26H18ClF13N2O2/c1-42(11-23(29,30)31)21(44)22(4-5-22)41-20(43)16-3-2-12(8-18(16)26(38,39)40)19(28)10-17(25(35,36)37)13-6-14(24(32,33)34)9-15(27)7-13/h2-3,6-10,17H,4-5,11H2,1H3,(H,41,43)/b19-10-. The Hall–Kier alpha value is -3.50. The van der Waals surface area contributed by atoms with Crippen LogP contribution in [0.15, 0.2) is 42.5 Å². The number of hydrogen-bond donors (Lipinski definition) is 1. The fraction of sp³-hybridized carbons (Fsp3) is 0.385. The number of likely N-dealkylation sites (N-methyl/N-ethyl adjacent to an activating group) is 1. The lowest BCUT2D eigenvalue weighted by Crippen LogP contribution is -2.51. The van der Waals surface area contributed by atoms with Gasteiger partial charge in [-0.05, 0) is 54.8 Å². The number of rotatable bonds is 7. The van der Waals surface area contributed by atoms with Crippen molar-refractivity contribution in [1.29, 1.82) is 0 Å². The molecule has 1 aliphatic rings. The quantitative estimate of drug-likeness (QED) is 0.301. The number of benzene rings is 2. The van der Waals surface area contributed by atoms with Gasteiger partial charge in [0.1, 0.15) is 23.8 Å². The molecule has 1 aliphatic carbocycles. The maximum absolute atomic E-state index is 15.0. The molecule has 18 heteroatoms. The summed E-state index contributed by atoms with van der Waals surface area (Å²) in [5.74, 6) is -7.89. The Bertz CT molecular complexity index is 1460. The molecule has 0 radical (unpaired) electrons. The number of halogens is 14. The van der Waals surface area contributed by atoms with Crippen LogP contribution in [0.3, 0.4) is 0 Å². The lowest BCUT2D eigenvalue weighted by atomic mass is 9.94. The first-order valence-electron chi connectivity index (χ1n) is 12.0. The first-order valence-corrected chi connectivity index (χ1v) is 12.4. The van der Waals surface area contributed by atoms with Crippen LogP contribution in [0.25, 0.3) is 5.83 Å². The number of hydrogen-bond acceptors (Lipinski definition) is 2. The zero-order chi connectivity index (χ0) is 33.6. The van der Waals surface area contributed by atoms with Crippen LogP contribution in [0.1, 0.15) is 51.4 Å². The Balaban J connectivity index is 1.99. The van der Waals surface area contributed by atoms with E-state index in [1.165, 1.54) is 0 Å². The number of nitrogens with zero attached hydrogens (tertiary/aromatic N) is 1. The number of allylic oxidation sites excluding steroid dienone is 1. The molecule has 1 unspecified atom stereocenters. The minimum absolute atomic E-state index is 0.0372. The molecule has 0 aliphatic heterocycles. The smallest absolute Gasteiger partial charge is 0.338 e. The van der Waals surface area contributed by atoms with E-state index in [9.17, 15) is 62.3 Å². The van der Waals surface area contributed by atoms with Crippen molar-refractivity contribution in [2.45, 2.75) is 49.0 Å². The summed E-state index contributed by atoms with van der Waals surface area (Å²) in [6.45, 7) is -1.72. The van der Waals surface area contributed by atoms with Crippen molar-refractivity contribution >= 4 is 29.2 Å². The molecular formula is C26H18ClF13N2O2. The van der Waals surface area contributed by atoms with Crippen LogP contribution in [0, 0.1) is 0 Å². The summed E-state index contributed by atoms with van der Waals surface area (Å²) in [5.41, 5.74) is -8.99. The van der Waals surface area contributed by atoms with Crippen molar-refractivity contribution in [3.05, 3.63) is 75.3 Å². The second kappa shape index (κ2) is 11.8. The van der Waals surface area contributed by atoms with Gasteiger partial charge in [-0.3, -0.25) is 9.59 Å².